The maximum Gasteiger partial charge on any atom is 0.251 e. The van der Waals surface area contributed by atoms with E-state index in [1.165, 1.54) is 0 Å². The van der Waals surface area contributed by atoms with Gasteiger partial charge in [0.15, 0.2) is 0 Å². The lowest BCUT2D eigenvalue weighted by atomic mass is 10.1. The van der Waals surface area contributed by atoms with Gasteiger partial charge >= 0.3 is 0 Å². The van der Waals surface area contributed by atoms with Crippen LogP contribution in [-0.2, 0) is 6.54 Å². The topological polar surface area (TPSA) is 66.9 Å². The molecule has 0 saturated carbocycles. The molecule has 2 heterocycles. The minimum atomic E-state index is -0.106. The molecule has 0 unspecified atom stereocenters. The van der Waals surface area contributed by atoms with Crippen molar-refractivity contribution < 1.29 is 4.79 Å². The van der Waals surface area contributed by atoms with Gasteiger partial charge < -0.3 is 10.6 Å². The molecule has 0 spiro atoms. The summed E-state index contributed by atoms with van der Waals surface area (Å²) in [6.07, 6.45) is 1.70. The smallest absolute Gasteiger partial charge is 0.251 e. The Hall–Kier alpha value is -3.22. The molecular formula is C22H17ClN4OS. The molecule has 1 amide bonds. The van der Waals surface area contributed by atoms with Crippen LogP contribution in [0.5, 0.6) is 0 Å². The maximum atomic E-state index is 12.3. The highest BCUT2D eigenvalue weighted by molar-refractivity contribution is 7.09. The normalized spacial score (nSPS) is 10.5. The summed E-state index contributed by atoms with van der Waals surface area (Å²) < 4.78 is 0. The predicted octanol–water partition coefficient (Wildman–Crippen LogP) is 5.53. The number of hydrogen-bond donors (Lipinski definition) is 2. The second kappa shape index (κ2) is 8.86. The molecule has 2 N–H and O–H groups in total. The number of nitrogens with zero attached hydrogens (tertiary/aromatic N) is 2. The zero-order valence-corrected chi connectivity index (χ0v) is 16.9. The van der Waals surface area contributed by atoms with Crippen LogP contribution in [0.4, 0.5) is 11.6 Å². The molecular weight excluding hydrogens is 404 g/mol. The highest BCUT2D eigenvalue weighted by Crippen LogP contribution is 2.21. The predicted molar refractivity (Wildman–Crippen MR) is 118 cm³/mol. The Morgan fingerprint density at radius 3 is 2.52 bits per heavy atom. The Labute approximate surface area is 177 Å². The third-order valence-electron chi connectivity index (χ3n) is 4.20. The van der Waals surface area contributed by atoms with Crippen LogP contribution in [0.1, 0.15) is 15.2 Å². The number of nitrogens with one attached hydrogen (secondary N) is 2. The largest absolute Gasteiger partial charge is 0.347 e. The molecule has 4 aromatic rings. The van der Waals surface area contributed by atoms with E-state index in [2.05, 4.69) is 20.6 Å². The fourth-order valence-electron chi connectivity index (χ4n) is 2.72. The maximum absolute atomic E-state index is 12.3. The van der Waals surface area contributed by atoms with Crippen molar-refractivity contribution in [1.82, 2.24) is 15.3 Å². The van der Waals surface area contributed by atoms with E-state index in [1.54, 1.807) is 29.7 Å². The number of halogens is 1. The van der Waals surface area contributed by atoms with Crippen molar-refractivity contribution in [1.29, 1.82) is 0 Å². The van der Waals surface area contributed by atoms with Gasteiger partial charge in [0.05, 0.1) is 12.2 Å². The third kappa shape index (κ3) is 4.99. The molecule has 5 nitrogen and oxygen atoms in total. The molecule has 0 radical (unpaired) electrons. The van der Waals surface area contributed by atoms with Gasteiger partial charge in [-0.2, -0.15) is 0 Å². The van der Waals surface area contributed by atoms with E-state index in [4.69, 9.17) is 11.6 Å². The van der Waals surface area contributed by atoms with Gasteiger partial charge in [0.25, 0.3) is 5.91 Å². The van der Waals surface area contributed by atoms with Crippen molar-refractivity contribution in [2.24, 2.45) is 0 Å². The fraction of sp³-hybridized carbons (Fsp3) is 0.0455. The quantitative estimate of drug-likeness (QED) is 0.430. The minimum Gasteiger partial charge on any atom is -0.347 e. The summed E-state index contributed by atoms with van der Waals surface area (Å²) in [6.45, 7) is 0.530. The minimum absolute atomic E-state index is 0.106. The first-order valence-corrected chi connectivity index (χ1v) is 10.2. The summed E-state index contributed by atoms with van der Waals surface area (Å²) in [5.41, 5.74) is 3.15. The number of thiophene rings is 1. The van der Waals surface area contributed by atoms with Gasteiger partial charge in [-0.3, -0.25) is 4.79 Å². The van der Waals surface area contributed by atoms with Gasteiger partial charge in [-0.15, -0.1) is 11.3 Å². The van der Waals surface area contributed by atoms with Crippen molar-refractivity contribution in [3.05, 3.63) is 93.8 Å². The van der Waals surface area contributed by atoms with E-state index in [9.17, 15) is 4.79 Å². The number of carbonyl (C=O) groups excluding carboxylic acids is 1. The molecule has 29 heavy (non-hydrogen) atoms. The first-order chi connectivity index (χ1) is 14.2. The van der Waals surface area contributed by atoms with Crippen LogP contribution >= 0.6 is 22.9 Å². The summed E-state index contributed by atoms with van der Waals surface area (Å²) >= 11 is 7.56. The Bertz CT molecular complexity index is 1100. The molecule has 0 aliphatic rings. The second-order valence-corrected chi connectivity index (χ2v) is 7.71. The SMILES string of the molecule is O=C(NCc1cccs1)c1ccc(Nc2nccc(-c3ccc(Cl)cc3)n2)cc1. The highest BCUT2D eigenvalue weighted by atomic mass is 35.5. The molecule has 0 atom stereocenters. The molecule has 2 aromatic heterocycles. The Kier molecular flexibility index (Phi) is 5.84. The lowest BCUT2D eigenvalue weighted by Crippen LogP contribution is -2.22. The summed E-state index contributed by atoms with van der Waals surface area (Å²) in [5, 5.41) is 8.76. The third-order valence-corrected chi connectivity index (χ3v) is 5.33. The molecule has 0 bridgehead atoms. The summed E-state index contributed by atoms with van der Waals surface area (Å²) in [4.78, 5) is 22.2. The number of amides is 1. The molecule has 144 valence electrons. The first kappa shape index (κ1) is 19.1. The zero-order valence-electron chi connectivity index (χ0n) is 15.3. The monoisotopic (exact) mass is 420 g/mol. The number of rotatable bonds is 6. The van der Waals surface area contributed by atoms with Crippen LogP contribution in [0.25, 0.3) is 11.3 Å². The summed E-state index contributed by atoms with van der Waals surface area (Å²) in [7, 11) is 0. The van der Waals surface area contributed by atoms with Gasteiger partial charge in [-0.25, -0.2) is 9.97 Å². The van der Waals surface area contributed by atoms with Crippen molar-refractivity contribution in [3.8, 4) is 11.3 Å². The summed E-state index contributed by atoms with van der Waals surface area (Å²) in [6, 6.07) is 20.5. The first-order valence-electron chi connectivity index (χ1n) is 8.94. The summed E-state index contributed by atoms with van der Waals surface area (Å²) in [5.74, 6) is 0.373. The van der Waals surface area contributed by atoms with Crippen molar-refractivity contribution >= 4 is 40.5 Å². The van der Waals surface area contributed by atoms with Crippen LogP contribution in [0, 0.1) is 0 Å². The number of hydrogen-bond acceptors (Lipinski definition) is 5. The van der Waals surface area contributed by atoms with Crippen LogP contribution in [0.2, 0.25) is 5.02 Å². The molecule has 0 saturated heterocycles. The van der Waals surface area contributed by atoms with Gasteiger partial charge in [0, 0.05) is 32.9 Å². The van der Waals surface area contributed by atoms with Gasteiger partial charge in [-0.1, -0.05) is 29.8 Å². The van der Waals surface area contributed by atoms with Crippen LogP contribution in [0.3, 0.4) is 0 Å². The van der Waals surface area contributed by atoms with E-state index in [-0.39, 0.29) is 5.91 Å². The Balaban J connectivity index is 1.41. The zero-order chi connectivity index (χ0) is 20.1. The number of benzene rings is 2. The van der Waals surface area contributed by atoms with Crippen molar-refractivity contribution in [2.75, 3.05) is 5.32 Å². The van der Waals surface area contributed by atoms with Crippen LogP contribution in [-0.4, -0.2) is 15.9 Å². The second-order valence-electron chi connectivity index (χ2n) is 6.24. The standard InChI is InChI=1S/C22H17ClN4OS/c23-17-7-3-15(4-8-17)20-11-12-24-22(27-20)26-18-9-5-16(6-10-18)21(28)25-14-19-2-1-13-29-19/h1-13H,14H2,(H,25,28)(H,24,26,27). The van der Waals surface area contributed by atoms with Gasteiger partial charge in [-0.05, 0) is 53.9 Å². The van der Waals surface area contributed by atoms with Crippen molar-refractivity contribution in [3.63, 3.8) is 0 Å². The van der Waals surface area contributed by atoms with E-state index < -0.39 is 0 Å². The molecule has 0 aliphatic heterocycles. The Morgan fingerprint density at radius 2 is 1.79 bits per heavy atom. The number of anilines is 2. The van der Waals surface area contributed by atoms with E-state index >= 15 is 0 Å². The number of aromatic nitrogens is 2. The number of carbonyl (C=O) groups is 1. The van der Waals surface area contributed by atoms with E-state index in [0.29, 0.717) is 23.1 Å². The fourth-order valence-corrected chi connectivity index (χ4v) is 3.49. The van der Waals surface area contributed by atoms with Crippen LogP contribution in [0.15, 0.2) is 78.3 Å². The molecule has 7 heteroatoms. The average Bonchev–Trinajstić information content (AvgIpc) is 3.27. The molecule has 0 fully saturated rings. The molecule has 0 aliphatic carbocycles. The molecule has 4 rings (SSSR count). The van der Waals surface area contributed by atoms with E-state index in [1.807, 2.05) is 60.0 Å². The average molecular weight is 421 g/mol. The Morgan fingerprint density at radius 1 is 1.00 bits per heavy atom. The van der Waals surface area contributed by atoms with Crippen LogP contribution < -0.4 is 10.6 Å². The molecule has 2 aromatic carbocycles. The van der Waals surface area contributed by atoms with Gasteiger partial charge in [0.1, 0.15) is 0 Å². The lowest BCUT2D eigenvalue weighted by Gasteiger charge is -2.08. The highest BCUT2D eigenvalue weighted by Gasteiger charge is 2.07. The van der Waals surface area contributed by atoms with Crippen molar-refractivity contribution in [2.45, 2.75) is 6.54 Å². The van der Waals surface area contributed by atoms with E-state index in [0.717, 1.165) is 21.8 Å². The van der Waals surface area contributed by atoms with Gasteiger partial charge in [0.2, 0.25) is 5.95 Å². The lowest BCUT2D eigenvalue weighted by molar-refractivity contribution is 0.0951.